The van der Waals surface area contributed by atoms with Gasteiger partial charge < -0.3 is 0 Å². The smallest absolute Gasteiger partial charge is 0.194 e. The van der Waals surface area contributed by atoms with E-state index in [2.05, 4.69) is 38.4 Å². The summed E-state index contributed by atoms with van der Waals surface area (Å²) in [5, 5.41) is 0.772. The Bertz CT molecular complexity index is 615. The van der Waals surface area contributed by atoms with Gasteiger partial charge >= 0.3 is 0 Å². The molecule has 3 heteroatoms. The minimum Gasteiger partial charge on any atom is -0.289 e. The Morgan fingerprint density at radius 1 is 1.16 bits per heavy atom. The molecule has 96 valence electrons. The van der Waals surface area contributed by atoms with E-state index in [0.29, 0.717) is 11.1 Å². The molecule has 0 heterocycles. The van der Waals surface area contributed by atoms with Gasteiger partial charge in [-0.25, -0.2) is 0 Å². The predicted molar refractivity (Wildman–Crippen MR) is 86.7 cm³/mol. The highest BCUT2D eigenvalue weighted by Crippen LogP contribution is 2.23. The van der Waals surface area contributed by atoms with Crippen LogP contribution in [-0.4, -0.2) is 5.78 Å². The monoisotopic (exact) mass is 378 g/mol. The van der Waals surface area contributed by atoms with Crippen molar-refractivity contribution in [1.82, 2.24) is 0 Å². The Morgan fingerprint density at radius 3 is 2.37 bits per heavy atom. The molecular formula is C16H12Br2O. The lowest BCUT2D eigenvalue weighted by molar-refractivity contribution is 0.103. The lowest BCUT2D eigenvalue weighted by Gasteiger charge is -2.06. The summed E-state index contributed by atoms with van der Waals surface area (Å²) in [6.45, 7) is 3.70. The van der Waals surface area contributed by atoms with E-state index in [0.717, 1.165) is 20.9 Å². The van der Waals surface area contributed by atoms with E-state index < -0.39 is 0 Å². The molecule has 0 aromatic heterocycles. The van der Waals surface area contributed by atoms with Crippen LogP contribution in [0, 0.1) is 0 Å². The number of ketones is 1. The van der Waals surface area contributed by atoms with Gasteiger partial charge in [0, 0.05) is 20.9 Å². The van der Waals surface area contributed by atoms with E-state index in [4.69, 9.17) is 0 Å². The number of carbonyl (C=O) groups excluding carboxylic acids is 1. The molecule has 0 aliphatic carbocycles. The molecule has 0 bridgehead atoms. The molecule has 1 nitrogen and oxygen atoms in total. The maximum absolute atomic E-state index is 12.4. The number of halogens is 2. The topological polar surface area (TPSA) is 17.1 Å². The average molecular weight is 380 g/mol. The molecule has 0 spiro atoms. The number of hydrogen-bond acceptors (Lipinski definition) is 1. The Balaban J connectivity index is 2.35. The van der Waals surface area contributed by atoms with E-state index in [1.807, 2.05) is 42.5 Å². The van der Waals surface area contributed by atoms with Crippen LogP contribution in [-0.2, 0) is 5.33 Å². The summed E-state index contributed by atoms with van der Waals surface area (Å²) in [5.74, 6) is 0.0172. The molecule has 0 N–H and O–H groups in total. The van der Waals surface area contributed by atoms with Crippen LogP contribution < -0.4 is 0 Å². The quantitative estimate of drug-likeness (QED) is 0.525. The van der Waals surface area contributed by atoms with Gasteiger partial charge in [-0.1, -0.05) is 74.8 Å². The van der Waals surface area contributed by atoms with Gasteiger partial charge in [-0.05, 0) is 23.3 Å². The number of hydrogen-bond donors (Lipinski definition) is 0. The molecule has 0 aliphatic rings. The zero-order valence-corrected chi connectivity index (χ0v) is 13.4. The highest BCUT2D eigenvalue weighted by molar-refractivity contribution is 9.10. The van der Waals surface area contributed by atoms with Crippen LogP contribution in [0.25, 0.3) is 6.08 Å². The van der Waals surface area contributed by atoms with Crippen molar-refractivity contribution in [1.29, 1.82) is 0 Å². The molecule has 0 unspecified atom stereocenters. The standard InChI is InChI=1S/C16H12Br2O/c1-2-11-3-6-13(7-4-11)16(19)14-8-5-12(10-17)9-15(14)18/h2-9H,1,10H2. The zero-order chi connectivity index (χ0) is 13.8. The molecule has 0 saturated carbocycles. The van der Waals surface area contributed by atoms with Crippen molar-refractivity contribution in [2.24, 2.45) is 0 Å². The Morgan fingerprint density at radius 2 is 1.84 bits per heavy atom. The molecular weight excluding hydrogens is 368 g/mol. The molecule has 0 atom stereocenters. The molecule has 0 aliphatic heterocycles. The Kier molecular flexibility index (Phi) is 4.72. The van der Waals surface area contributed by atoms with E-state index in [1.54, 1.807) is 6.08 Å². The predicted octanol–water partition coefficient (Wildman–Crippen LogP) is 5.22. The third-order valence-electron chi connectivity index (χ3n) is 2.84. The largest absolute Gasteiger partial charge is 0.289 e. The summed E-state index contributed by atoms with van der Waals surface area (Å²) in [4.78, 5) is 12.4. The van der Waals surface area contributed by atoms with Crippen molar-refractivity contribution in [3.63, 3.8) is 0 Å². The van der Waals surface area contributed by atoms with Gasteiger partial charge in [0.05, 0.1) is 0 Å². The normalized spacial score (nSPS) is 10.2. The van der Waals surface area contributed by atoms with Crippen molar-refractivity contribution < 1.29 is 4.79 Å². The fraction of sp³-hybridized carbons (Fsp3) is 0.0625. The first kappa shape index (κ1) is 14.2. The molecule has 2 aromatic rings. The van der Waals surface area contributed by atoms with E-state index >= 15 is 0 Å². The van der Waals surface area contributed by atoms with Crippen molar-refractivity contribution >= 4 is 43.7 Å². The summed E-state index contributed by atoms with van der Waals surface area (Å²) in [6.07, 6.45) is 1.76. The first-order valence-electron chi connectivity index (χ1n) is 5.77. The third-order valence-corrected chi connectivity index (χ3v) is 4.14. The highest BCUT2D eigenvalue weighted by atomic mass is 79.9. The molecule has 0 saturated heterocycles. The lowest BCUT2D eigenvalue weighted by atomic mass is 10.0. The first-order valence-corrected chi connectivity index (χ1v) is 7.68. The van der Waals surface area contributed by atoms with Crippen molar-refractivity contribution in [3.8, 4) is 0 Å². The fourth-order valence-corrected chi connectivity index (χ4v) is 2.71. The average Bonchev–Trinajstić information content (AvgIpc) is 2.46. The van der Waals surface area contributed by atoms with Gasteiger partial charge in [-0.3, -0.25) is 4.79 Å². The summed E-state index contributed by atoms with van der Waals surface area (Å²) >= 11 is 6.86. The molecule has 0 amide bonds. The number of benzene rings is 2. The van der Waals surface area contributed by atoms with Gasteiger partial charge in [0.25, 0.3) is 0 Å². The molecule has 2 aromatic carbocycles. The lowest BCUT2D eigenvalue weighted by Crippen LogP contribution is -2.02. The fourth-order valence-electron chi connectivity index (χ4n) is 1.75. The van der Waals surface area contributed by atoms with E-state index in [9.17, 15) is 4.79 Å². The van der Waals surface area contributed by atoms with Crippen LogP contribution in [0.1, 0.15) is 27.0 Å². The SMILES string of the molecule is C=Cc1ccc(C(=O)c2ccc(CBr)cc2Br)cc1. The highest BCUT2D eigenvalue weighted by Gasteiger charge is 2.12. The Labute approximate surface area is 129 Å². The first-order chi connectivity index (χ1) is 9.15. The second-order valence-electron chi connectivity index (χ2n) is 4.10. The molecule has 19 heavy (non-hydrogen) atoms. The van der Waals surface area contributed by atoms with Crippen LogP contribution >= 0.6 is 31.9 Å². The van der Waals surface area contributed by atoms with Crippen molar-refractivity contribution in [2.75, 3.05) is 0 Å². The number of alkyl halides is 1. The number of carbonyl (C=O) groups is 1. The summed E-state index contributed by atoms with van der Waals surface area (Å²) in [7, 11) is 0. The maximum Gasteiger partial charge on any atom is 0.194 e. The van der Waals surface area contributed by atoms with Gasteiger partial charge in [0.1, 0.15) is 0 Å². The van der Waals surface area contributed by atoms with Crippen LogP contribution in [0.2, 0.25) is 0 Å². The number of rotatable bonds is 4. The molecule has 0 fully saturated rings. The summed E-state index contributed by atoms with van der Waals surface area (Å²) < 4.78 is 0.822. The van der Waals surface area contributed by atoms with Crippen molar-refractivity contribution in [2.45, 2.75) is 5.33 Å². The third kappa shape index (κ3) is 3.23. The second kappa shape index (κ2) is 6.31. The van der Waals surface area contributed by atoms with Crippen LogP contribution in [0.3, 0.4) is 0 Å². The van der Waals surface area contributed by atoms with Gasteiger partial charge in [-0.15, -0.1) is 0 Å². The Hall–Kier alpha value is -1.19. The summed E-state index contributed by atoms with van der Waals surface area (Å²) in [6, 6.07) is 13.2. The summed E-state index contributed by atoms with van der Waals surface area (Å²) in [5.41, 5.74) is 3.49. The molecule has 2 rings (SSSR count). The molecule has 0 radical (unpaired) electrons. The van der Waals surface area contributed by atoms with Crippen LogP contribution in [0.5, 0.6) is 0 Å². The van der Waals surface area contributed by atoms with E-state index in [-0.39, 0.29) is 5.78 Å². The van der Waals surface area contributed by atoms with Gasteiger partial charge in [0.2, 0.25) is 0 Å². The van der Waals surface area contributed by atoms with Gasteiger partial charge in [-0.2, -0.15) is 0 Å². The second-order valence-corrected chi connectivity index (χ2v) is 5.52. The van der Waals surface area contributed by atoms with Crippen LogP contribution in [0.4, 0.5) is 0 Å². The maximum atomic E-state index is 12.4. The van der Waals surface area contributed by atoms with Crippen molar-refractivity contribution in [3.05, 3.63) is 75.8 Å². The zero-order valence-electron chi connectivity index (χ0n) is 10.2. The van der Waals surface area contributed by atoms with Gasteiger partial charge in [0.15, 0.2) is 5.78 Å². The van der Waals surface area contributed by atoms with Crippen LogP contribution in [0.15, 0.2) is 53.5 Å². The van der Waals surface area contributed by atoms with E-state index in [1.165, 1.54) is 0 Å². The minimum absolute atomic E-state index is 0.0172. The minimum atomic E-state index is 0.0172.